The van der Waals surface area contributed by atoms with Crippen molar-refractivity contribution in [2.75, 3.05) is 13.7 Å². The number of aliphatic hydroxyl groups is 1. The van der Waals surface area contributed by atoms with Crippen LogP contribution in [0.3, 0.4) is 0 Å². The fraction of sp³-hybridized carbons (Fsp3) is 0.533. The van der Waals surface area contributed by atoms with Gasteiger partial charge < -0.3 is 15.2 Å². The number of amides is 1. The summed E-state index contributed by atoms with van der Waals surface area (Å²) in [6, 6.07) is 3.40. The first-order valence-corrected chi connectivity index (χ1v) is 8.46. The van der Waals surface area contributed by atoms with Crippen LogP contribution in [0.15, 0.2) is 12.1 Å². The Bertz CT molecular complexity index is 516. The molecule has 0 radical (unpaired) electrons. The zero-order chi connectivity index (χ0) is 15.4. The Labute approximate surface area is 143 Å². The standard InChI is InChI=1S/C15H19ClINO3/c1-21-14-7-13(17)12(16)6-11(14)15(20)18-8-9-2-4-10(19)5-3-9/h6-7,9-10,19H,2-5,8H2,1H3,(H,18,20). The van der Waals surface area contributed by atoms with Crippen molar-refractivity contribution in [3.05, 3.63) is 26.3 Å². The summed E-state index contributed by atoms with van der Waals surface area (Å²) >= 11 is 8.19. The van der Waals surface area contributed by atoms with Crippen LogP contribution in [-0.4, -0.2) is 30.8 Å². The highest BCUT2D eigenvalue weighted by Crippen LogP contribution is 2.28. The van der Waals surface area contributed by atoms with Gasteiger partial charge in [-0.2, -0.15) is 0 Å². The average Bonchev–Trinajstić information content (AvgIpc) is 2.48. The van der Waals surface area contributed by atoms with Crippen LogP contribution in [0.5, 0.6) is 5.75 Å². The fourth-order valence-electron chi connectivity index (χ4n) is 2.56. The van der Waals surface area contributed by atoms with Crippen LogP contribution in [0.4, 0.5) is 0 Å². The second-order valence-corrected chi connectivity index (χ2v) is 6.92. The molecule has 1 saturated carbocycles. The van der Waals surface area contributed by atoms with Crippen molar-refractivity contribution in [2.24, 2.45) is 5.92 Å². The first kappa shape index (κ1) is 16.8. The van der Waals surface area contributed by atoms with E-state index in [0.29, 0.717) is 28.8 Å². The minimum absolute atomic E-state index is 0.170. The van der Waals surface area contributed by atoms with Gasteiger partial charge in [0, 0.05) is 10.1 Å². The van der Waals surface area contributed by atoms with Gasteiger partial charge >= 0.3 is 0 Å². The maximum atomic E-state index is 12.3. The van der Waals surface area contributed by atoms with Crippen molar-refractivity contribution in [3.8, 4) is 5.75 Å². The van der Waals surface area contributed by atoms with E-state index in [0.717, 1.165) is 29.3 Å². The van der Waals surface area contributed by atoms with Crippen molar-refractivity contribution in [1.29, 1.82) is 0 Å². The zero-order valence-electron chi connectivity index (χ0n) is 11.9. The Morgan fingerprint density at radius 1 is 1.43 bits per heavy atom. The number of rotatable bonds is 4. The Morgan fingerprint density at radius 3 is 2.71 bits per heavy atom. The predicted molar refractivity (Wildman–Crippen MR) is 91.0 cm³/mol. The van der Waals surface area contributed by atoms with Crippen LogP contribution < -0.4 is 10.1 Å². The van der Waals surface area contributed by atoms with Crippen LogP contribution in [-0.2, 0) is 0 Å². The van der Waals surface area contributed by atoms with Gasteiger partial charge in [-0.05, 0) is 66.3 Å². The molecule has 0 bridgehead atoms. The summed E-state index contributed by atoms with van der Waals surface area (Å²) in [7, 11) is 1.54. The minimum atomic E-state index is -0.174. The Kier molecular flexibility index (Phi) is 6.13. The summed E-state index contributed by atoms with van der Waals surface area (Å²) in [6.45, 7) is 0.623. The minimum Gasteiger partial charge on any atom is -0.496 e. The maximum Gasteiger partial charge on any atom is 0.255 e. The largest absolute Gasteiger partial charge is 0.496 e. The third kappa shape index (κ3) is 4.47. The summed E-state index contributed by atoms with van der Waals surface area (Å²) in [4.78, 5) is 12.3. The molecule has 1 aliphatic carbocycles. The molecule has 0 heterocycles. The molecule has 4 nitrogen and oxygen atoms in total. The lowest BCUT2D eigenvalue weighted by Crippen LogP contribution is -2.32. The van der Waals surface area contributed by atoms with Crippen molar-refractivity contribution in [2.45, 2.75) is 31.8 Å². The summed E-state index contributed by atoms with van der Waals surface area (Å²) in [6.07, 6.45) is 3.36. The van der Waals surface area contributed by atoms with Crippen molar-refractivity contribution < 1.29 is 14.6 Å². The average molecular weight is 424 g/mol. The fourth-order valence-corrected chi connectivity index (χ4v) is 3.16. The molecule has 1 aromatic rings. The number of ether oxygens (including phenoxy) is 1. The van der Waals surface area contributed by atoms with E-state index in [1.807, 2.05) is 0 Å². The SMILES string of the molecule is COc1cc(I)c(Cl)cc1C(=O)NCC1CCC(O)CC1. The van der Waals surface area contributed by atoms with E-state index >= 15 is 0 Å². The molecule has 116 valence electrons. The lowest BCUT2D eigenvalue weighted by atomic mass is 9.87. The van der Waals surface area contributed by atoms with E-state index in [1.54, 1.807) is 19.2 Å². The van der Waals surface area contributed by atoms with Gasteiger partial charge in [-0.15, -0.1) is 0 Å². The van der Waals surface area contributed by atoms with Gasteiger partial charge in [0.2, 0.25) is 0 Å². The normalized spacial score (nSPS) is 21.9. The Balaban J connectivity index is 1.98. The number of hydrogen-bond donors (Lipinski definition) is 2. The van der Waals surface area contributed by atoms with E-state index in [1.165, 1.54) is 0 Å². The van der Waals surface area contributed by atoms with Crippen molar-refractivity contribution >= 4 is 40.1 Å². The summed E-state index contributed by atoms with van der Waals surface area (Å²) in [5.74, 6) is 0.791. The molecular weight excluding hydrogens is 405 g/mol. The predicted octanol–water partition coefficient (Wildman–Crippen LogP) is 3.23. The lowest BCUT2D eigenvalue weighted by molar-refractivity contribution is 0.0907. The summed E-state index contributed by atoms with van der Waals surface area (Å²) in [5, 5.41) is 13.0. The number of hydrogen-bond acceptors (Lipinski definition) is 3. The molecule has 1 aromatic carbocycles. The lowest BCUT2D eigenvalue weighted by Gasteiger charge is -2.25. The Hall–Kier alpha value is -0.530. The highest BCUT2D eigenvalue weighted by Gasteiger charge is 2.21. The second kappa shape index (κ2) is 7.65. The van der Waals surface area contributed by atoms with Crippen LogP contribution in [0.1, 0.15) is 36.0 Å². The molecule has 1 amide bonds. The zero-order valence-corrected chi connectivity index (χ0v) is 14.8. The molecule has 0 saturated heterocycles. The van der Waals surface area contributed by atoms with E-state index < -0.39 is 0 Å². The van der Waals surface area contributed by atoms with E-state index in [9.17, 15) is 9.90 Å². The van der Waals surface area contributed by atoms with Crippen molar-refractivity contribution in [3.63, 3.8) is 0 Å². The highest BCUT2D eigenvalue weighted by atomic mass is 127. The molecular formula is C15H19ClINO3. The summed E-state index contributed by atoms with van der Waals surface area (Å²) < 4.78 is 6.10. The molecule has 6 heteroatoms. The van der Waals surface area contributed by atoms with Gasteiger partial charge in [0.15, 0.2) is 0 Å². The van der Waals surface area contributed by atoms with Crippen LogP contribution in [0.25, 0.3) is 0 Å². The second-order valence-electron chi connectivity index (χ2n) is 5.35. The van der Waals surface area contributed by atoms with Gasteiger partial charge in [-0.1, -0.05) is 11.6 Å². The topological polar surface area (TPSA) is 58.6 Å². The maximum absolute atomic E-state index is 12.3. The molecule has 0 aromatic heterocycles. The monoisotopic (exact) mass is 423 g/mol. The van der Waals surface area contributed by atoms with E-state index in [4.69, 9.17) is 16.3 Å². The molecule has 1 aliphatic rings. The third-order valence-corrected chi connectivity index (χ3v) is 5.38. The molecule has 0 aliphatic heterocycles. The van der Waals surface area contributed by atoms with Crippen LogP contribution in [0, 0.1) is 9.49 Å². The Morgan fingerprint density at radius 2 is 2.10 bits per heavy atom. The molecule has 0 atom stereocenters. The van der Waals surface area contributed by atoms with Gasteiger partial charge in [0.05, 0.1) is 23.8 Å². The van der Waals surface area contributed by atoms with Crippen LogP contribution in [0.2, 0.25) is 5.02 Å². The smallest absolute Gasteiger partial charge is 0.255 e. The van der Waals surface area contributed by atoms with Gasteiger partial charge in [-0.25, -0.2) is 0 Å². The highest BCUT2D eigenvalue weighted by molar-refractivity contribution is 14.1. The number of aliphatic hydroxyl groups excluding tert-OH is 1. The molecule has 2 rings (SSSR count). The van der Waals surface area contributed by atoms with Crippen molar-refractivity contribution in [1.82, 2.24) is 5.32 Å². The van der Waals surface area contributed by atoms with E-state index in [2.05, 4.69) is 27.9 Å². The number of nitrogens with one attached hydrogen (secondary N) is 1. The number of benzene rings is 1. The number of carbonyl (C=O) groups is 1. The first-order valence-electron chi connectivity index (χ1n) is 7.00. The molecule has 1 fully saturated rings. The molecule has 0 unspecified atom stereocenters. The number of methoxy groups -OCH3 is 1. The van der Waals surface area contributed by atoms with Gasteiger partial charge in [0.25, 0.3) is 5.91 Å². The molecule has 0 spiro atoms. The van der Waals surface area contributed by atoms with Crippen LogP contribution >= 0.6 is 34.2 Å². The number of halogens is 2. The summed E-state index contributed by atoms with van der Waals surface area (Å²) in [5.41, 5.74) is 0.457. The molecule has 21 heavy (non-hydrogen) atoms. The van der Waals surface area contributed by atoms with E-state index in [-0.39, 0.29) is 12.0 Å². The van der Waals surface area contributed by atoms with Gasteiger partial charge in [0.1, 0.15) is 5.75 Å². The number of carbonyl (C=O) groups excluding carboxylic acids is 1. The molecule has 2 N–H and O–H groups in total. The third-order valence-electron chi connectivity index (χ3n) is 3.85. The quantitative estimate of drug-likeness (QED) is 0.731. The first-order chi connectivity index (χ1) is 10.0. The van der Waals surface area contributed by atoms with Gasteiger partial charge in [-0.3, -0.25) is 4.79 Å².